The van der Waals surface area contributed by atoms with Crippen LogP contribution in [0.1, 0.15) is 16.1 Å². The van der Waals surface area contributed by atoms with Gasteiger partial charge in [-0.3, -0.25) is 9.36 Å². The molecule has 4 rings (SSSR count). The van der Waals surface area contributed by atoms with E-state index in [1.54, 1.807) is 40.2 Å². The molecular formula is C19H16N6O. The Morgan fingerprint density at radius 2 is 1.92 bits per heavy atom. The predicted molar refractivity (Wildman–Crippen MR) is 97.6 cm³/mol. The van der Waals surface area contributed by atoms with E-state index in [9.17, 15) is 4.79 Å². The van der Waals surface area contributed by atoms with Crippen LogP contribution in [-0.2, 0) is 0 Å². The molecule has 0 aliphatic carbocycles. The molecule has 128 valence electrons. The standard InChI is InChI=1S/C19H16N6O/c1-14-17(12-22-25(14)16-5-3-2-4-6-16)19(26)23-15-7-8-18(21-11-15)24-10-9-20-13-24/h2-13H,1H3,(H,23,26). The van der Waals surface area contributed by atoms with E-state index >= 15 is 0 Å². The van der Waals surface area contributed by atoms with Crippen LogP contribution in [0.2, 0.25) is 0 Å². The monoisotopic (exact) mass is 344 g/mol. The molecule has 26 heavy (non-hydrogen) atoms. The molecule has 0 saturated heterocycles. The highest BCUT2D eigenvalue weighted by Gasteiger charge is 2.15. The zero-order chi connectivity index (χ0) is 17.9. The number of nitrogens with one attached hydrogen (secondary N) is 1. The second-order valence-corrected chi connectivity index (χ2v) is 5.72. The minimum Gasteiger partial charge on any atom is -0.320 e. The minimum atomic E-state index is -0.220. The van der Waals surface area contributed by atoms with Gasteiger partial charge in [0, 0.05) is 12.4 Å². The van der Waals surface area contributed by atoms with Crippen molar-refractivity contribution in [1.29, 1.82) is 0 Å². The lowest BCUT2D eigenvalue weighted by molar-refractivity contribution is 0.102. The summed E-state index contributed by atoms with van der Waals surface area (Å²) in [7, 11) is 0. The smallest absolute Gasteiger partial charge is 0.259 e. The number of imidazole rings is 1. The fraction of sp³-hybridized carbons (Fsp3) is 0.0526. The third-order valence-corrected chi connectivity index (χ3v) is 4.03. The fourth-order valence-electron chi connectivity index (χ4n) is 2.67. The summed E-state index contributed by atoms with van der Waals surface area (Å²) in [6.07, 6.45) is 8.35. The zero-order valence-corrected chi connectivity index (χ0v) is 14.1. The first-order chi connectivity index (χ1) is 12.7. The van der Waals surface area contributed by atoms with E-state index in [1.165, 1.54) is 0 Å². The van der Waals surface area contributed by atoms with Gasteiger partial charge in [-0.05, 0) is 31.2 Å². The summed E-state index contributed by atoms with van der Waals surface area (Å²) in [4.78, 5) is 20.9. The van der Waals surface area contributed by atoms with Gasteiger partial charge in [0.25, 0.3) is 5.91 Å². The molecule has 0 aliphatic heterocycles. The number of hydrogen-bond acceptors (Lipinski definition) is 4. The highest BCUT2D eigenvalue weighted by molar-refractivity contribution is 6.04. The van der Waals surface area contributed by atoms with Crippen LogP contribution in [0, 0.1) is 6.92 Å². The van der Waals surface area contributed by atoms with Crippen LogP contribution in [0.25, 0.3) is 11.5 Å². The van der Waals surface area contributed by atoms with Crippen molar-refractivity contribution in [3.8, 4) is 11.5 Å². The van der Waals surface area contributed by atoms with Crippen LogP contribution in [0.15, 0.2) is 73.6 Å². The number of rotatable bonds is 4. The minimum absolute atomic E-state index is 0.220. The maximum Gasteiger partial charge on any atom is 0.259 e. The molecule has 3 aromatic heterocycles. The molecule has 7 nitrogen and oxygen atoms in total. The highest BCUT2D eigenvalue weighted by Crippen LogP contribution is 2.16. The van der Waals surface area contributed by atoms with Crippen molar-refractivity contribution >= 4 is 11.6 Å². The van der Waals surface area contributed by atoms with Gasteiger partial charge in [-0.2, -0.15) is 5.10 Å². The Balaban J connectivity index is 1.53. The molecule has 1 amide bonds. The Kier molecular flexibility index (Phi) is 4.03. The summed E-state index contributed by atoms with van der Waals surface area (Å²) in [5.74, 6) is 0.510. The Labute approximate surface area is 150 Å². The Morgan fingerprint density at radius 3 is 2.62 bits per heavy atom. The van der Waals surface area contributed by atoms with E-state index in [2.05, 4.69) is 20.4 Å². The van der Waals surface area contributed by atoms with E-state index in [0.717, 1.165) is 17.2 Å². The van der Waals surface area contributed by atoms with Crippen molar-refractivity contribution in [1.82, 2.24) is 24.3 Å². The molecule has 1 N–H and O–H groups in total. The molecule has 4 aromatic rings. The van der Waals surface area contributed by atoms with Crippen LogP contribution in [0.4, 0.5) is 5.69 Å². The van der Waals surface area contributed by atoms with E-state index in [-0.39, 0.29) is 5.91 Å². The molecule has 0 aliphatic rings. The van der Waals surface area contributed by atoms with Gasteiger partial charge in [0.2, 0.25) is 0 Å². The van der Waals surface area contributed by atoms with Gasteiger partial charge in [-0.25, -0.2) is 14.6 Å². The summed E-state index contributed by atoms with van der Waals surface area (Å²) in [6.45, 7) is 1.87. The molecule has 1 aromatic carbocycles. The molecule has 0 atom stereocenters. The molecule has 0 bridgehead atoms. The molecule has 0 unspecified atom stereocenters. The molecule has 0 spiro atoms. The lowest BCUT2D eigenvalue weighted by Gasteiger charge is -2.07. The van der Waals surface area contributed by atoms with Crippen LogP contribution in [-0.4, -0.2) is 30.2 Å². The number of nitrogens with zero attached hydrogens (tertiary/aromatic N) is 5. The largest absolute Gasteiger partial charge is 0.320 e. The first-order valence-corrected chi connectivity index (χ1v) is 8.08. The summed E-state index contributed by atoms with van der Waals surface area (Å²) in [5, 5.41) is 7.18. The van der Waals surface area contributed by atoms with Crippen molar-refractivity contribution in [2.75, 3.05) is 5.32 Å². The Hall–Kier alpha value is -3.74. The quantitative estimate of drug-likeness (QED) is 0.617. The second-order valence-electron chi connectivity index (χ2n) is 5.72. The first-order valence-electron chi connectivity index (χ1n) is 8.08. The van der Waals surface area contributed by atoms with Crippen molar-refractivity contribution in [2.45, 2.75) is 6.92 Å². The topological polar surface area (TPSA) is 77.6 Å². The normalized spacial score (nSPS) is 10.7. The van der Waals surface area contributed by atoms with Gasteiger partial charge >= 0.3 is 0 Å². The third-order valence-electron chi connectivity index (χ3n) is 4.03. The van der Waals surface area contributed by atoms with Gasteiger partial charge in [-0.15, -0.1) is 0 Å². The lowest BCUT2D eigenvalue weighted by atomic mass is 10.2. The second kappa shape index (κ2) is 6.64. The first kappa shape index (κ1) is 15.8. The number of carbonyl (C=O) groups excluding carboxylic acids is 1. The van der Waals surface area contributed by atoms with Crippen molar-refractivity contribution in [3.63, 3.8) is 0 Å². The number of anilines is 1. The van der Waals surface area contributed by atoms with Gasteiger partial charge in [0.05, 0.1) is 35.0 Å². The molecule has 3 heterocycles. The van der Waals surface area contributed by atoms with Gasteiger partial charge in [-0.1, -0.05) is 18.2 Å². The zero-order valence-electron chi connectivity index (χ0n) is 14.1. The summed E-state index contributed by atoms with van der Waals surface area (Å²) < 4.78 is 3.54. The predicted octanol–water partition coefficient (Wildman–Crippen LogP) is 3.01. The summed E-state index contributed by atoms with van der Waals surface area (Å²) in [6, 6.07) is 13.3. The fourth-order valence-corrected chi connectivity index (χ4v) is 2.67. The average Bonchev–Trinajstić information content (AvgIpc) is 3.33. The van der Waals surface area contributed by atoms with Gasteiger partial charge < -0.3 is 5.32 Å². The molecule has 0 fully saturated rings. The van der Waals surface area contributed by atoms with Crippen LogP contribution in [0.3, 0.4) is 0 Å². The Bertz CT molecular complexity index is 1020. The van der Waals surface area contributed by atoms with Crippen LogP contribution < -0.4 is 5.32 Å². The average molecular weight is 344 g/mol. The van der Waals surface area contributed by atoms with Crippen molar-refractivity contribution < 1.29 is 4.79 Å². The number of carbonyl (C=O) groups is 1. The number of pyridine rings is 1. The number of amides is 1. The number of aromatic nitrogens is 5. The SMILES string of the molecule is Cc1c(C(=O)Nc2ccc(-n3ccnc3)nc2)cnn1-c1ccccc1. The maximum atomic E-state index is 12.6. The van der Waals surface area contributed by atoms with Crippen molar-refractivity contribution in [2.24, 2.45) is 0 Å². The van der Waals surface area contributed by atoms with E-state index in [0.29, 0.717) is 11.3 Å². The lowest BCUT2D eigenvalue weighted by Crippen LogP contribution is -2.13. The molecule has 7 heteroatoms. The highest BCUT2D eigenvalue weighted by atomic mass is 16.1. The van der Waals surface area contributed by atoms with E-state index in [1.807, 2.05) is 49.5 Å². The number of para-hydroxylation sites is 1. The van der Waals surface area contributed by atoms with Gasteiger partial charge in [0.15, 0.2) is 0 Å². The molecule has 0 saturated carbocycles. The van der Waals surface area contributed by atoms with Crippen LogP contribution >= 0.6 is 0 Å². The van der Waals surface area contributed by atoms with E-state index < -0.39 is 0 Å². The van der Waals surface area contributed by atoms with Crippen molar-refractivity contribution in [3.05, 3.63) is 84.8 Å². The van der Waals surface area contributed by atoms with Gasteiger partial charge in [0.1, 0.15) is 12.1 Å². The molecular weight excluding hydrogens is 328 g/mol. The third kappa shape index (κ3) is 2.98. The number of hydrogen-bond donors (Lipinski definition) is 1. The maximum absolute atomic E-state index is 12.6. The molecule has 0 radical (unpaired) electrons. The summed E-state index contributed by atoms with van der Waals surface area (Å²) in [5.41, 5.74) is 2.82. The Morgan fingerprint density at radius 1 is 1.08 bits per heavy atom. The number of benzene rings is 1. The van der Waals surface area contributed by atoms with E-state index in [4.69, 9.17) is 0 Å². The van der Waals surface area contributed by atoms with Crippen LogP contribution in [0.5, 0.6) is 0 Å². The summed E-state index contributed by atoms with van der Waals surface area (Å²) >= 11 is 0.